The van der Waals surface area contributed by atoms with E-state index in [1.165, 1.54) is 31.5 Å². The summed E-state index contributed by atoms with van der Waals surface area (Å²) in [6.45, 7) is 9.16. The molecule has 1 fully saturated rings. The summed E-state index contributed by atoms with van der Waals surface area (Å²) in [4.78, 5) is 2.55. The third kappa shape index (κ3) is 3.95. The molecule has 1 atom stereocenters. The summed E-state index contributed by atoms with van der Waals surface area (Å²) < 4.78 is 0. The average Bonchev–Trinajstić information content (AvgIpc) is 2.39. The minimum Gasteiger partial charge on any atom is -0.307 e. The number of likely N-dealkylation sites (tertiary alicyclic amines) is 1. The lowest BCUT2D eigenvalue weighted by atomic mass is 10.0. The Balaban J connectivity index is 1.87. The zero-order chi connectivity index (χ0) is 13.8. The van der Waals surface area contributed by atoms with Crippen LogP contribution in [-0.2, 0) is 0 Å². The van der Waals surface area contributed by atoms with Crippen molar-refractivity contribution in [3.8, 4) is 0 Å². The Bertz CT molecular complexity index is 397. The van der Waals surface area contributed by atoms with E-state index in [2.05, 4.69) is 43.1 Å². The second kappa shape index (κ2) is 6.74. The first kappa shape index (κ1) is 14.8. The molecule has 106 valence electrons. The fraction of sp³-hybridized carbons (Fsp3) is 0.625. The van der Waals surface area contributed by atoms with Gasteiger partial charge in [-0.25, -0.2) is 0 Å². The largest absolute Gasteiger partial charge is 0.307 e. The first-order valence-corrected chi connectivity index (χ1v) is 7.70. The molecule has 2 nitrogen and oxygen atoms in total. The van der Waals surface area contributed by atoms with Crippen molar-refractivity contribution < 1.29 is 0 Å². The van der Waals surface area contributed by atoms with Gasteiger partial charge in [-0.2, -0.15) is 0 Å². The molecule has 19 heavy (non-hydrogen) atoms. The smallest absolute Gasteiger partial charge is 0.0453 e. The lowest BCUT2D eigenvalue weighted by molar-refractivity contribution is 0.157. The molecule has 2 rings (SSSR count). The van der Waals surface area contributed by atoms with Gasteiger partial charge in [-0.15, -0.1) is 0 Å². The van der Waals surface area contributed by atoms with Crippen molar-refractivity contribution in [1.82, 2.24) is 10.2 Å². The standard InChI is InChI=1S/C16H25ClN2/c1-12(2)19-10-8-14(9-11-19)18-13(3)15-6-4-5-7-16(15)17/h4-7,12-14,18H,8-11H2,1-3H3/t13-/m1/s1. The second-order valence-corrected chi connectivity index (χ2v) is 6.22. The Morgan fingerprint density at radius 1 is 1.16 bits per heavy atom. The van der Waals surface area contributed by atoms with Crippen LogP contribution < -0.4 is 5.32 Å². The van der Waals surface area contributed by atoms with Gasteiger partial charge in [0.15, 0.2) is 0 Å². The molecule has 1 aromatic carbocycles. The molecular formula is C16H25ClN2. The van der Waals surface area contributed by atoms with Crippen molar-refractivity contribution in [3.05, 3.63) is 34.9 Å². The van der Waals surface area contributed by atoms with Crippen LogP contribution in [-0.4, -0.2) is 30.1 Å². The van der Waals surface area contributed by atoms with Crippen LogP contribution in [0.25, 0.3) is 0 Å². The molecular weight excluding hydrogens is 256 g/mol. The molecule has 1 aromatic rings. The zero-order valence-corrected chi connectivity index (χ0v) is 13.0. The summed E-state index contributed by atoms with van der Waals surface area (Å²) in [5.41, 5.74) is 1.20. The number of halogens is 1. The highest BCUT2D eigenvalue weighted by Crippen LogP contribution is 2.24. The SMILES string of the molecule is CC(C)N1CCC(N[C@H](C)c2ccccc2Cl)CC1. The van der Waals surface area contributed by atoms with Crippen LogP contribution in [0.4, 0.5) is 0 Å². The maximum Gasteiger partial charge on any atom is 0.0453 e. The van der Waals surface area contributed by atoms with E-state index in [0.717, 1.165) is 5.02 Å². The third-order valence-electron chi connectivity index (χ3n) is 4.12. The highest BCUT2D eigenvalue weighted by molar-refractivity contribution is 6.31. The van der Waals surface area contributed by atoms with E-state index in [0.29, 0.717) is 18.1 Å². The molecule has 0 aliphatic carbocycles. The van der Waals surface area contributed by atoms with Crippen LogP contribution in [0.15, 0.2) is 24.3 Å². The molecule has 0 amide bonds. The van der Waals surface area contributed by atoms with Gasteiger partial charge in [0.2, 0.25) is 0 Å². The Morgan fingerprint density at radius 2 is 1.79 bits per heavy atom. The minimum atomic E-state index is 0.323. The number of hydrogen-bond acceptors (Lipinski definition) is 2. The first-order valence-electron chi connectivity index (χ1n) is 7.32. The van der Waals surface area contributed by atoms with Crippen molar-refractivity contribution in [2.45, 2.75) is 51.7 Å². The molecule has 1 N–H and O–H groups in total. The summed E-state index contributed by atoms with van der Waals surface area (Å²) in [5, 5.41) is 4.59. The molecule has 1 aliphatic rings. The molecule has 1 saturated heterocycles. The van der Waals surface area contributed by atoms with Crippen molar-refractivity contribution in [1.29, 1.82) is 0 Å². The second-order valence-electron chi connectivity index (χ2n) is 5.81. The number of benzene rings is 1. The maximum atomic E-state index is 6.25. The number of hydrogen-bond donors (Lipinski definition) is 1. The van der Waals surface area contributed by atoms with Gasteiger partial charge in [0.1, 0.15) is 0 Å². The molecule has 0 saturated carbocycles. The monoisotopic (exact) mass is 280 g/mol. The van der Waals surface area contributed by atoms with E-state index in [1.54, 1.807) is 0 Å². The maximum absolute atomic E-state index is 6.25. The Hall–Kier alpha value is -0.570. The summed E-state index contributed by atoms with van der Waals surface area (Å²) in [6.07, 6.45) is 2.46. The van der Waals surface area contributed by atoms with Gasteiger partial charge in [0.25, 0.3) is 0 Å². The molecule has 0 spiro atoms. The van der Waals surface area contributed by atoms with Gasteiger partial charge in [0, 0.05) is 23.1 Å². The van der Waals surface area contributed by atoms with E-state index in [9.17, 15) is 0 Å². The molecule has 1 heterocycles. The fourth-order valence-corrected chi connectivity index (χ4v) is 3.15. The van der Waals surface area contributed by atoms with Crippen LogP contribution in [0.2, 0.25) is 5.02 Å². The van der Waals surface area contributed by atoms with Crippen molar-refractivity contribution in [2.24, 2.45) is 0 Å². The molecule has 0 unspecified atom stereocenters. The van der Waals surface area contributed by atoms with Gasteiger partial charge in [-0.05, 0) is 58.3 Å². The third-order valence-corrected chi connectivity index (χ3v) is 4.46. The molecule has 0 radical (unpaired) electrons. The topological polar surface area (TPSA) is 15.3 Å². The Labute approximate surface area is 122 Å². The van der Waals surface area contributed by atoms with E-state index >= 15 is 0 Å². The van der Waals surface area contributed by atoms with Gasteiger partial charge in [-0.1, -0.05) is 29.8 Å². The van der Waals surface area contributed by atoms with Gasteiger partial charge < -0.3 is 10.2 Å². The van der Waals surface area contributed by atoms with E-state index in [-0.39, 0.29) is 0 Å². The van der Waals surface area contributed by atoms with Crippen LogP contribution in [0.3, 0.4) is 0 Å². The van der Waals surface area contributed by atoms with Crippen molar-refractivity contribution >= 4 is 11.6 Å². The van der Waals surface area contributed by atoms with Gasteiger partial charge in [0.05, 0.1) is 0 Å². The molecule has 3 heteroatoms. The van der Waals surface area contributed by atoms with Gasteiger partial charge in [-0.3, -0.25) is 0 Å². The summed E-state index contributed by atoms with van der Waals surface area (Å²) in [5.74, 6) is 0. The Morgan fingerprint density at radius 3 is 2.37 bits per heavy atom. The normalized spacial score (nSPS) is 19.8. The molecule has 0 aromatic heterocycles. The van der Waals surface area contributed by atoms with Crippen LogP contribution in [0.5, 0.6) is 0 Å². The van der Waals surface area contributed by atoms with Crippen LogP contribution >= 0.6 is 11.6 Å². The van der Waals surface area contributed by atoms with Crippen LogP contribution in [0, 0.1) is 0 Å². The zero-order valence-electron chi connectivity index (χ0n) is 12.2. The molecule has 1 aliphatic heterocycles. The highest BCUT2D eigenvalue weighted by atomic mass is 35.5. The van der Waals surface area contributed by atoms with Crippen molar-refractivity contribution in [2.75, 3.05) is 13.1 Å². The fourth-order valence-electron chi connectivity index (χ4n) is 2.85. The number of piperidine rings is 1. The summed E-state index contributed by atoms with van der Waals surface area (Å²) >= 11 is 6.25. The predicted octanol–water partition coefficient (Wildman–Crippen LogP) is 3.86. The number of nitrogens with one attached hydrogen (secondary N) is 1. The lowest BCUT2D eigenvalue weighted by Crippen LogP contribution is -2.45. The number of nitrogens with zero attached hydrogens (tertiary/aromatic N) is 1. The summed E-state index contributed by atoms with van der Waals surface area (Å²) in [7, 11) is 0. The predicted molar refractivity (Wildman–Crippen MR) is 82.7 cm³/mol. The van der Waals surface area contributed by atoms with Gasteiger partial charge >= 0.3 is 0 Å². The minimum absolute atomic E-state index is 0.323. The van der Waals surface area contributed by atoms with Crippen LogP contribution in [0.1, 0.15) is 45.2 Å². The quantitative estimate of drug-likeness (QED) is 0.901. The van der Waals surface area contributed by atoms with E-state index < -0.39 is 0 Å². The average molecular weight is 281 g/mol. The van der Waals surface area contributed by atoms with E-state index in [1.807, 2.05) is 12.1 Å². The highest BCUT2D eigenvalue weighted by Gasteiger charge is 2.22. The van der Waals surface area contributed by atoms with Crippen molar-refractivity contribution in [3.63, 3.8) is 0 Å². The lowest BCUT2D eigenvalue weighted by Gasteiger charge is -2.36. The van der Waals surface area contributed by atoms with E-state index in [4.69, 9.17) is 11.6 Å². The molecule has 0 bridgehead atoms. The summed E-state index contributed by atoms with van der Waals surface area (Å²) in [6, 6.07) is 9.73. The Kier molecular flexibility index (Phi) is 5.26. The number of rotatable bonds is 4. The first-order chi connectivity index (χ1) is 9.08.